The molecular formula is C97H128N4O18. The normalized spacial score (nSPS) is 12.6. The Bertz CT molecular complexity index is 4510. The Labute approximate surface area is 703 Å². The molecule has 3 heterocycles. The number of carboxylic acid groups (broad SMARTS) is 3. The van der Waals surface area contributed by atoms with Gasteiger partial charge in [0.2, 0.25) is 5.91 Å². The summed E-state index contributed by atoms with van der Waals surface area (Å²) in [6.07, 6.45) is 21.2. The quantitative estimate of drug-likeness (QED) is 0.0370. The van der Waals surface area contributed by atoms with E-state index in [9.17, 15) is 67.1 Å². The Morgan fingerprint density at radius 1 is 0.471 bits per heavy atom. The van der Waals surface area contributed by atoms with Gasteiger partial charge in [0, 0.05) is 89.4 Å². The van der Waals surface area contributed by atoms with Crippen LogP contribution in [0.25, 0.3) is 32.4 Å². The van der Waals surface area contributed by atoms with Gasteiger partial charge in [-0.3, -0.25) is 52.9 Å². The molecule has 119 heavy (non-hydrogen) atoms. The summed E-state index contributed by atoms with van der Waals surface area (Å²) in [5.74, 6) is 0.371. The third kappa shape index (κ3) is 52.4. The van der Waals surface area contributed by atoms with Crippen LogP contribution in [0.5, 0.6) is 5.75 Å². The molecule has 9 aromatic rings. The number of phenols is 1. The van der Waals surface area contributed by atoms with E-state index in [0.29, 0.717) is 48.6 Å². The SMILES string of the molecule is C.C.CC(=O)C1CCC(=O)N1.CC(=O)CC(C)C.CC(=O)CC1CCCCC1.CC(=O)CCC(=O)O.CC(=O)CCCN.CC(=O)c1c[nH]c2ccccc12.CC(=O)c1ccc(O)cc1.CC(=O)c1ccc2ccccc2c1.CC(=O)c1ccccc1.CC(=O)c1cccnc1.O=C(O)C1CCCCC1.O=C(O)Cc1ccc2ccccc2c1. The zero-order chi connectivity index (χ0) is 87.8. The van der Waals surface area contributed by atoms with Crippen LogP contribution in [0.1, 0.15) is 271 Å². The van der Waals surface area contributed by atoms with Gasteiger partial charge in [-0.2, -0.15) is 0 Å². The number of amides is 1. The van der Waals surface area contributed by atoms with Crippen molar-refractivity contribution in [1.82, 2.24) is 15.3 Å². The van der Waals surface area contributed by atoms with Gasteiger partial charge >= 0.3 is 17.9 Å². The molecule has 2 aromatic heterocycles. The molecule has 8 N–H and O–H groups in total. The molecule has 0 bridgehead atoms. The van der Waals surface area contributed by atoms with Crippen LogP contribution >= 0.6 is 0 Å². The number of benzene rings is 7. The van der Waals surface area contributed by atoms with Gasteiger partial charge in [-0.05, 0) is 189 Å². The van der Waals surface area contributed by atoms with Crippen molar-refractivity contribution < 1.29 is 87.5 Å². The lowest BCUT2D eigenvalue weighted by atomic mass is 9.86. The lowest BCUT2D eigenvalue weighted by Gasteiger charge is -2.19. The maximum atomic E-state index is 11.1. The van der Waals surface area contributed by atoms with E-state index in [1.807, 2.05) is 153 Å². The van der Waals surface area contributed by atoms with Crippen molar-refractivity contribution in [1.29, 1.82) is 0 Å². The fourth-order valence-electron chi connectivity index (χ4n) is 11.5. The molecule has 1 atom stereocenters. The van der Waals surface area contributed by atoms with Crippen molar-refractivity contribution in [3.63, 3.8) is 0 Å². The van der Waals surface area contributed by atoms with Gasteiger partial charge in [0.15, 0.2) is 34.7 Å². The van der Waals surface area contributed by atoms with E-state index >= 15 is 0 Å². The average molecular weight is 1640 g/mol. The Morgan fingerprint density at radius 3 is 1.33 bits per heavy atom. The van der Waals surface area contributed by atoms with Gasteiger partial charge in [0.05, 0.1) is 24.8 Å². The number of fused-ring (bicyclic) bond motifs is 3. The highest BCUT2D eigenvalue weighted by molar-refractivity contribution is 6.06. The van der Waals surface area contributed by atoms with Crippen molar-refractivity contribution in [3.05, 3.63) is 228 Å². The van der Waals surface area contributed by atoms with Gasteiger partial charge < -0.3 is 55.6 Å². The summed E-state index contributed by atoms with van der Waals surface area (Å²) in [4.78, 5) is 154. The number of carbonyl (C=O) groups excluding carboxylic acids is 11. The molecule has 1 unspecified atom stereocenters. The van der Waals surface area contributed by atoms with Crippen molar-refractivity contribution in [2.75, 3.05) is 6.54 Å². The lowest BCUT2D eigenvalue weighted by molar-refractivity contribution is -0.143. The number of ketones is 10. The molecule has 3 aliphatic rings. The van der Waals surface area contributed by atoms with E-state index in [0.717, 1.165) is 100 Å². The van der Waals surface area contributed by atoms with Crippen molar-refractivity contribution in [2.24, 2.45) is 23.5 Å². The molecule has 0 radical (unpaired) electrons. The second kappa shape index (κ2) is 63.3. The lowest BCUT2D eigenvalue weighted by Crippen LogP contribution is -2.31. The third-order valence-electron chi connectivity index (χ3n) is 17.7. The van der Waals surface area contributed by atoms with E-state index in [-0.39, 0.29) is 110 Å². The summed E-state index contributed by atoms with van der Waals surface area (Å²) in [7, 11) is 0. The summed E-state index contributed by atoms with van der Waals surface area (Å²) in [5.41, 5.74) is 10.6. The number of nitrogens with one attached hydrogen (secondary N) is 2. The molecule has 3 fully saturated rings. The summed E-state index contributed by atoms with van der Waals surface area (Å²) >= 11 is 0. The number of rotatable bonds is 19. The zero-order valence-electron chi connectivity index (χ0n) is 70.0. The minimum Gasteiger partial charge on any atom is -0.508 e. The number of carbonyl (C=O) groups is 14. The van der Waals surface area contributed by atoms with E-state index in [1.54, 1.807) is 84.4 Å². The number of hydrogen-bond donors (Lipinski definition) is 7. The molecule has 1 amide bonds. The number of aromatic amines is 1. The number of aromatic nitrogens is 2. The molecule has 644 valence electrons. The van der Waals surface area contributed by atoms with Crippen LogP contribution in [-0.4, -0.2) is 125 Å². The number of para-hydroxylation sites is 1. The maximum absolute atomic E-state index is 11.1. The zero-order valence-corrected chi connectivity index (χ0v) is 70.0. The van der Waals surface area contributed by atoms with Gasteiger partial charge in [0.1, 0.15) is 28.9 Å². The van der Waals surface area contributed by atoms with Crippen LogP contribution in [-0.2, 0) is 49.6 Å². The van der Waals surface area contributed by atoms with Crippen LogP contribution in [0.3, 0.4) is 0 Å². The fraction of sp³-hybridized carbons (Fsp3) is 0.392. The molecular weight excluding hydrogens is 1510 g/mol. The van der Waals surface area contributed by atoms with E-state index in [4.69, 9.17) is 26.2 Å². The molecule has 2 aliphatic carbocycles. The molecule has 2 saturated carbocycles. The van der Waals surface area contributed by atoms with Crippen molar-refractivity contribution >= 4 is 114 Å². The number of pyridine rings is 1. The number of aliphatic carboxylic acids is 3. The largest absolute Gasteiger partial charge is 0.508 e. The maximum Gasteiger partial charge on any atom is 0.307 e. The Balaban J connectivity index is 0. The van der Waals surface area contributed by atoms with Gasteiger partial charge in [0.25, 0.3) is 0 Å². The summed E-state index contributed by atoms with van der Waals surface area (Å²) < 4.78 is 0. The van der Waals surface area contributed by atoms with Gasteiger partial charge in [-0.25, -0.2) is 0 Å². The van der Waals surface area contributed by atoms with Crippen LogP contribution in [0.4, 0.5) is 0 Å². The molecule has 7 aromatic carbocycles. The van der Waals surface area contributed by atoms with Crippen molar-refractivity contribution in [2.45, 2.75) is 226 Å². The van der Waals surface area contributed by atoms with Crippen LogP contribution in [0.15, 0.2) is 195 Å². The molecule has 22 nitrogen and oxygen atoms in total. The summed E-state index contributed by atoms with van der Waals surface area (Å²) in [6.45, 7) is 20.2. The number of nitrogens with two attached hydrogens (primary N) is 1. The molecule has 12 rings (SSSR count). The number of nitrogens with zero attached hydrogens (tertiary/aromatic N) is 1. The number of Topliss-reactive ketones (excluding diaryl/α,β-unsaturated/α-hetero) is 10. The standard InChI is InChI=1S/C12H10O2.C12H10O.C10H9NO.C9H16O.C8H8O2.C8H8O.C7H7NO.C7H12O2.C6H9NO2.C6H12O.C5H11NO.C5H8O3.2CH4/c13-12(14)8-9-5-6-10-3-1-2-4-11(10)7-9;1-9(13)11-7-6-10-4-2-3-5-12(10)8-11;1-7(12)9-6-11-10-5-3-2-4-8(9)10;1-8(10)7-9-5-3-2-4-6-9;1-6(9)7-2-4-8(10)5-3-7;1-7(9)8-5-3-2-4-6-8;1-6(9)7-3-2-4-8-5-7;8-7(9)6-4-2-1-3-5-6;1-4(8)5-2-3-6(9)7-5;1-5(2)4-6(3)7;1-5(7)3-2-4-6;1-4(6)2-3-5(7)8;;/h1-7H,8H2,(H,13,14);2-8H,1H3;2-6,11H,1H3;9H,2-7H2,1H3;2-5,10H,1H3;2-6H,1H3;2-5H,1H3;6H,1-5H2,(H,8,9);5H,2-3H2,1H3,(H,7,9);5H,4H2,1-3H3;2-4,6H2,1H3;2-3H2,1H3,(H,7,8);2*1H4. The van der Waals surface area contributed by atoms with Crippen LogP contribution in [0.2, 0.25) is 0 Å². The first-order valence-electron chi connectivity index (χ1n) is 39.4. The summed E-state index contributed by atoms with van der Waals surface area (Å²) in [6, 6.07) is 53.9. The number of hydrogen-bond acceptors (Lipinski definition) is 17. The number of carboxylic acids is 3. The predicted molar refractivity (Wildman–Crippen MR) is 474 cm³/mol. The minimum atomic E-state index is -0.916. The number of phenolic OH excluding ortho intramolecular Hbond substituents is 1. The highest BCUT2D eigenvalue weighted by Gasteiger charge is 2.24. The van der Waals surface area contributed by atoms with Gasteiger partial charge in [-0.1, -0.05) is 207 Å². The fourth-order valence-corrected chi connectivity index (χ4v) is 11.5. The highest BCUT2D eigenvalue weighted by Crippen LogP contribution is 2.27. The Kier molecular flexibility index (Phi) is 58.0. The Morgan fingerprint density at radius 2 is 0.950 bits per heavy atom. The Hall–Kier alpha value is -11.9. The predicted octanol–water partition coefficient (Wildman–Crippen LogP) is 20.3. The van der Waals surface area contributed by atoms with E-state index in [1.165, 1.54) is 83.7 Å². The smallest absolute Gasteiger partial charge is 0.307 e. The monoisotopic (exact) mass is 1640 g/mol. The number of aromatic hydroxyl groups is 1. The first-order valence-corrected chi connectivity index (χ1v) is 39.4. The number of H-pyrrole nitrogens is 1. The second-order valence-electron chi connectivity index (χ2n) is 28.8. The highest BCUT2D eigenvalue weighted by atomic mass is 16.4. The van der Waals surface area contributed by atoms with Crippen LogP contribution in [0, 0.1) is 17.8 Å². The summed E-state index contributed by atoms with van der Waals surface area (Å²) in [5, 5.41) is 42.1. The average Bonchev–Trinajstić information content (AvgIpc) is 1.81. The topological polar surface area (TPSA) is 387 Å². The first kappa shape index (κ1) is 109. The molecule has 0 spiro atoms. The molecule has 1 saturated heterocycles. The second-order valence-corrected chi connectivity index (χ2v) is 28.8. The first-order chi connectivity index (χ1) is 55.4. The third-order valence-corrected chi connectivity index (χ3v) is 17.7. The molecule has 1 aliphatic heterocycles. The van der Waals surface area contributed by atoms with E-state index < -0.39 is 17.9 Å². The van der Waals surface area contributed by atoms with Gasteiger partial charge in [-0.15, -0.1) is 0 Å². The van der Waals surface area contributed by atoms with Crippen LogP contribution < -0.4 is 11.1 Å². The molecule has 22 heteroatoms. The van der Waals surface area contributed by atoms with E-state index in [2.05, 4.69) is 15.3 Å². The van der Waals surface area contributed by atoms with Crippen molar-refractivity contribution in [3.8, 4) is 5.75 Å². The minimum absolute atomic E-state index is 0.